The molecule has 0 amide bonds. The van der Waals surface area contributed by atoms with Crippen molar-refractivity contribution >= 4 is 34.0 Å². The topological polar surface area (TPSA) is 0 Å². The Morgan fingerprint density at radius 2 is 1.22 bits per heavy atom. The minimum absolute atomic E-state index is 1.07. The van der Waals surface area contributed by atoms with Crippen molar-refractivity contribution in [2.75, 3.05) is 6.16 Å². The van der Waals surface area contributed by atoms with Crippen LogP contribution in [0.2, 0.25) is 0 Å². The van der Waals surface area contributed by atoms with Crippen molar-refractivity contribution in [3.63, 3.8) is 0 Å². The van der Waals surface area contributed by atoms with Gasteiger partial charge in [0.1, 0.15) is 0 Å². The van der Waals surface area contributed by atoms with Crippen molar-refractivity contribution in [3.8, 4) is 0 Å². The van der Waals surface area contributed by atoms with E-state index in [-0.39, 0.29) is 0 Å². The van der Waals surface area contributed by atoms with Gasteiger partial charge in [-0.3, -0.25) is 0 Å². The van der Waals surface area contributed by atoms with Gasteiger partial charge in [-0.1, -0.05) is 116 Å². The minimum atomic E-state index is -1.93. The molecule has 0 aliphatic heterocycles. The largest absolute Gasteiger partial charge is 0.0876 e. The molecule has 1 unspecified atom stereocenters. The molecular formula is C25H27PS. The Morgan fingerprint density at radius 3 is 1.74 bits per heavy atom. The molecule has 2 heteroatoms. The van der Waals surface area contributed by atoms with Crippen LogP contribution < -0.4 is 5.30 Å². The molecule has 0 N–H and O–H groups in total. The first-order valence-electron chi connectivity index (χ1n) is 9.64. The molecule has 1 atom stereocenters. The van der Waals surface area contributed by atoms with Gasteiger partial charge in [0.15, 0.2) is 0 Å². The van der Waals surface area contributed by atoms with Crippen LogP contribution in [0.4, 0.5) is 0 Å². The standard InChI is InChI=1S/C25H27PS/c1-3-4-20-26(27,24-18-12-7-13-19-24)25(23-16-10-6-11-17-23)21(2)22-14-8-5-9-15-22/h5-19H,3-4,20H2,1-2H3/b25-21-. The normalized spacial score (nSPS) is 14.3. The van der Waals surface area contributed by atoms with E-state index in [0.29, 0.717) is 0 Å². The van der Waals surface area contributed by atoms with Crippen LogP contribution in [-0.4, -0.2) is 6.16 Å². The molecule has 0 bridgehead atoms. The predicted octanol–water partition coefficient (Wildman–Crippen LogP) is 7.18. The summed E-state index contributed by atoms with van der Waals surface area (Å²) in [5.74, 6) is 0. The molecule has 138 valence electrons. The highest BCUT2D eigenvalue weighted by Gasteiger charge is 2.27. The van der Waals surface area contributed by atoms with Gasteiger partial charge in [0.2, 0.25) is 0 Å². The molecule has 3 aromatic carbocycles. The Hall–Kier alpha value is -1.95. The predicted molar refractivity (Wildman–Crippen MR) is 126 cm³/mol. The Labute approximate surface area is 169 Å². The molecule has 0 aliphatic carbocycles. The molecular weight excluding hydrogens is 363 g/mol. The van der Waals surface area contributed by atoms with E-state index in [4.69, 9.17) is 11.8 Å². The van der Waals surface area contributed by atoms with Gasteiger partial charge < -0.3 is 0 Å². The highest BCUT2D eigenvalue weighted by molar-refractivity contribution is 8.23. The first kappa shape index (κ1) is 19.8. The number of unbranched alkanes of at least 4 members (excludes halogenated alkanes) is 1. The second kappa shape index (κ2) is 9.31. The first-order valence-corrected chi connectivity index (χ1v) is 12.6. The Bertz CT molecular complexity index is 928. The maximum atomic E-state index is 6.57. The maximum Gasteiger partial charge on any atom is 0.0114 e. The van der Waals surface area contributed by atoms with E-state index < -0.39 is 6.04 Å². The highest BCUT2D eigenvalue weighted by Crippen LogP contribution is 2.60. The molecule has 0 radical (unpaired) electrons. The molecule has 0 aliphatic rings. The monoisotopic (exact) mass is 390 g/mol. The van der Waals surface area contributed by atoms with E-state index in [1.807, 2.05) is 0 Å². The van der Waals surface area contributed by atoms with Crippen LogP contribution in [0.1, 0.15) is 37.8 Å². The van der Waals surface area contributed by atoms with Gasteiger partial charge in [-0.25, -0.2) is 0 Å². The molecule has 0 aromatic heterocycles. The summed E-state index contributed by atoms with van der Waals surface area (Å²) in [4.78, 5) is 0. The van der Waals surface area contributed by atoms with Crippen LogP contribution in [0.25, 0.3) is 10.9 Å². The highest BCUT2D eigenvalue weighted by atomic mass is 32.4. The molecule has 3 rings (SSSR count). The Balaban J connectivity index is 2.29. The van der Waals surface area contributed by atoms with Crippen molar-refractivity contribution in [1.82, 2.24) is 0 Å². The third-order valence-corrected chi connectivity index (χ3v) is 10.1. The van der Waals surface area contributed by atoms with E-state index >= 15 is 0 Å². The molecule has 3 aromatic rings. The van der Waals surface area contributed by atoms with Crippen molar-refractivity contribution < 1.29 is 0 Å². The van der Waals surface area contributed by atoms with E-state index in [2.05, 4.69) is 105 Å². The summed E-state index contributed by atoms with van der Waals surface area (Å²) >= 11 is 6.57. The van der Waals surface area contributed by atoms with E-state index in [0.717, 1.165) is 19.0 Å². The first-order chi connectivity index (χ1) is 13.2. The lowest BCUT2D eigenvalue weighted by Gasteiger charge is -2.29. The van der Waals surface area contributed by atoms with Crippen LogP contribution >= 0.6 is 6.04 Å². The van der Waals surface area contributed by atoms with E-state index in [9.17, 15) is 0 Å². The number of allylic oxidation sites excluding steroid dienone is 1. The Kier molecular flexibility index (Phi) is 6.83. The van der Waals surface area contributed by atoms with Gasteiger partial charge >= 0.3 is 0 Å². The van der Waals surface area contributed by atoms with Crippen LogP contribution in [0.15, 0.2) is 91.0 Å². The van der Waals surface area contributed by atoms with Gasteiger partial charge in [0.05, 0.1) is 0 Å². The molecule has 0 saturated carbocycles. The van der Waals surface area contributed by atoms with Crippen LogP contribution in [0.5, 0.6) is 0 Å². The number of hydrogen-bond donors (Lipinski definition) is 0. The Morgan fingerprint density at radius 1 is 0.741 bits per heavy atom. The fourth-order valence-electron chi connectivity index (χ4n) is 3.54. The molecule has 0 saturated heterocycles. The molecule has 0 nitrogen and oxygen atoms in total. The van der Waals surface area contributed by atoms with E-state index in [1.54, 1.807) is 0 Å². The number of hydrogen-bond acceptors (Lipinski definition) is 1. The lowest BCUT2D eigenvalue weighted by Crippen LogP contribution is -2.10. The second-order valence-electron chi connectivity index (χ2n) is 6.86. The summed E-state index contributed by atoms with van der Waals surface area (Å²) in [5, 5.41) is 2.69. The zero-order valence-corrected chi connectivity index (χ0v) is 17.8. The SMILES string of the molecule is CCCCP(=S)(/C(=C(/C)c1ccccc1)c1ccccc1)c1ccccc1. The number of benzene rings is 3. The van der Waals surface area contributed by atoms with Gasteiger partial charge in [-0.2, -0.15) is 0 Å². The average molecular weight is 391 g/mol. The lowest BCUT2D eigenvalue weighted by molar-refractivity contribution is 0.893. The van der Waals surface area contributed by atoms with Crippen molar-refractivity contribution in [3.05, 3.63) is 102 Å². The van der Waals surface area contributed by atoms with Gasteiger partial charge in [-0.05, 0) is 41.5 Å². The molecule has 0 spiro atoms. The summed E-state index contributed by atoms with van der Waals surface area (Å²) in [6.45, 7) is 4.49. The molecule has 27 heavy (non-hydrogen) atoms. The van der Waals surface area contributed by atoms with E-state index in [1.165, 1.54) is 27.3 Å². The van der Waals surface area contributed by atoms with Crippen molar-refractivity contribution in [1.29, 1.82) is 0 Å². The summed E-state index contributed by atoms with van der Waals surface area (Å²) in [6.07, 6.45) is 3.39. The number of rotatable bonds is 7. The fourth-order valence-corrected chi connectivity index (χ4v) is 8.41. The van der Waals surface area contributed by atoms with Gasteiger partial charge in [0.25, 0.3) is 0 Å². The minimum Gasteiger partial charge on any atom is -0.0876 e. The van der Waals surface area contributed by atoms with Crippen LogP contribution in [-0.2, 0) is 11.8 Å². The fraction of sp³-hybridized carbons (Fsp3) is 0.200. The van der Waals surface area contributed by atoms with Crippen LogP contribution in [0.3, 0.4) is 0 Å². The zero-order chi connectivity index (χ0) is 19.1. The lowest BCUT2D eigenvalue weighted by atomic mass is 10.0. The molecule has 0 heterocycles. The van der Waals surface area contributed by atoms with Gasteiger partial charge in [-0.15, -0.1) is 0 Å². The summed E-state index contributed by atoms with van der Waals surface area (Å²) in [5.41, 5.74) is 3.84. The molecule has 0 fully saturated rings. The van der Waals surface area contributed by atoms with Gasteiger partial charge in [0, 0.05) is 11.4 Å². The summed E-state index contributed by atoms with van der Waals surface area (Å²) in [6, 6.07) is 30.3. The maximum absolute atomic E-state index is 6.57. The average Bonchev–Trinajstić information content (AvgIpc) is 2.74. The summed E-state index contributed by atoms with van der Waals surface area (Å²) < 4.78 is 0. The zero-order valence-electron chi connectivity index (χ0n) is 16.1. The van der Waals surface area contributed by atoms with Crippen LogP contribution in [0, 0.1) is 0 Å². The second-order valence-corrected chi connectivity index (χ2v) is 11.6. The van der Waals surface area contributed by atoms with Crippen molar-refractivity contribution in [2.45, 2.75) is 26.7 Å². The third-order valence-electron chi connectivity index (χ3n) is 4.97. The third kappa shape index (κ3) is 4.49. The van der Waals surface area contributed by atoms with Crippen molar-refractivity contribution in [2.24, 2.45) is 0 Å². The quantitative estimate of drug-likeness (QED) is 0.304. The summed E-state index contributed by atoms with van der Waals surface area (Å²) in [7, 11) is 0. The smallest absolute Gasteiger partial charge is 0.0114 e.